The lowest BCUT2D eigenvalue weighted by Crippen LogP contribution is -2.55. The maximum Gasteiger partial charge on any atom is 0.253 e. The molecular weight excluding hydrogens is 357 g/mol. The summed E-state index contributed by atoms with van der Waals surface area (Å²) in [4.78, 5) is 12.3. The summed E-state index contributed by atoms with van der Waals surface area (Å²) in [5, 5.41) is 14.6. The molecule has 0 saturated carbocycles. The van der Waals surface area contributed by atoms with Crippen LogP contribution in [0.4, 0.5) is 0 Å². The molecule has 0 saturated heterocycles. The highest BCUT2D eigenvalue weighted by molar-refractivity contribution is 14.1. The van der Waals surface area contributed by atoms with Gasteiger partial charge in [0.05, 0.1) is 11.1 Å². The SMILES string of the molecule is CCC(C)(NC(=O)c1cccc(C)c1I)/C(N)=N/O. The molecule has 5 nitrogen and oxygen atoms in total. The monoisotopic (exact) mass is 375 g/mol. The van der Waals surface area contributed by atoms with Crippen LogP contribution in [-0.2, 0) is 0 Å². The lowest BCUT2D eigenvalue weighted by atomic mass is 9.96. The van der Waals surface area contributed by atoms with E-state index in [1.807, 2.05) is 26.0 Å². The summed E-state index contributed by atoms with van der Waals surface area (Å²) < 4.78 is 0.899. The van der Waals surface area contributed by atoms with Crippen LogP contribution in [0.5, 0.6) is 0 Å². The lowest BCUT2D eigenvalue weighted by Gasteiger charge is -2.28. The first kappa shape index (κ1) is 15.7. The van der Waals surface area contributed by atoms with Crippen LogP contribution in [0.3, 0.4) is 0 Å². The quantitative estimate of drug-likeness (QED) is 0.248. The number of hydrogen-bond acceptors (Lipinski definition) is 3. The molecule has 4 N–H and O–H groups in total. The van der Waals surface area contributed by atoms with Gasteiger partial charge in [-0.05, 0) is 54.5 Å². The van der Waals surface area contributed by atoms with Gasteiger partial charge in [-0.2, -0.15) is 0 Å². The zero-order valence-corrected chi connectivity index (χ0v) is 13.4. The van der Waals surface area contributed by atoms with Crippen LogP contribution < -0.4 is 11.1 Å². The van der Waals surface area contributed by atoms with Crippen LogP contribution >= 0.6 is 22.6 Å². The van der Waals surface area contributed by atoms with E-state index in [1.54, 1.807) is 13.0 Å². The zero-order chi connectivity index (χ0) is 14.6. The Morgan fingerprint density at radius 3 is 2.74 bits per heavy atom. The third-order valence-electron chi connectivity index (χ3n) is 3.21. The van der Waals surface area contributed by atoms with Crippen LogP contribution in [0.25, 0.3) is 0 Å². The minimum absolute atomic E-state index is 0.00832. The van der Waals surface area contributed by atoms with Crippen molar-refractivity contribution in [2.45, 2.75) is 32.7 Å². The predicted octanol–water partition coefficient (Wildman–Crippen LogP) is 2.24. The lowest BCUT2D eigenvalue weighted by molar-refractivity contribution is 0.0924. The number of carbonyl (C=O) groups excluding carboxylic acids is 1. The smallest absolute Gasteiger partial charge is 0.253 e. The molecule has 19 heavy (non-hydrogen) atoms. The number of nitrogens with one attached hydrogen (secondary N) is 1. The van der Waals surface area contributed by atoms with Gasteiger partial charge in [0, 0.05) is 3.57 Å². The number of nitrogens with two attached hydrogens (primary N) is 1. The summed E-state index contributed by atoms with van der Waals surface area (Å²) in [6.07, 6.45) is 0.525. The van der Waals surface area contributed by atoms with E-state index >= 15 is 0 Å². The van der Waals surface area contributed by atoms with E-state index in [0.29, 0.717) is 12.0 Å². The third-order valence-corrected chi connectivity index (χ3v) is 4.64. The number of nitrogens with zero attached hydrogens (tertiary/aromatic N) is 1. The number of carbonyl (C=O) groups is 1. The first-order chi connectivity index (χ1) is 8.85. The molecular formula is C13H18IN3O2. The highest BCUT2D eigenvalue weighted by atomic mass is 127. The van der Waals surface area contributed by atoms with Gasteiger partial charge in [0.15, 0.2) is 5.84 Å². The van der Waals surface area contributed by atoms with Gasteiger partial charge in [-0.1, -0.05) is 24.2 Å². The van der Waals surface area contributed by atoms with E-state index in [2.05, 4.69) is 33.1 Å². The Morgan fingerprint density at radius 1 is 1.58 bits per heavy atom. The second-order valence-electron chi connectivity index (χ2n) is 4.56. The van der Waals surface area contributed by atoms with Crippen molar-refractivity contribution in [2.75, 3.05) is 0 Å². The molecule has 0 heterocycles. The molecule has 0 bridgehead atoms. The van der Waals surface area contributed by atoms with Crippen molar-refractivity contribution in [3.8, 4) is 0 Å². The predicted molar refractivity (Wildman–Crippen MR) is 83.5 cm³/mol. The van der Waals surface area contributed by atoms with Gasteiger partial charge >= 0.3 is 0 Å². The molecule has 0 aliphatic rings. The summed E-state index contributed by atoms with van der Waals surface area (Å²) in [5.74, 6) is -0.241. The maximum atomic E-state index is 12.3. The minimum Gasteiger partial charge on any atom is -0.409 e. The van der Waals surface area contributed by atoms with Crippen LogP contribution in [-0.4, -0.2) is 22.5 Å². The Kier molecular flexibility index (Phi) is 5.16. The maximum absolute atomic E-state index is 12.3. The van der Waals surface area contributed by atoms with Crippen molar-refractivity contribution < 1.29 is 10.0 Å². The van der Waals surface area contributed by atoms with Crippen LogP contribution in [0, 0.1) is 10.5 Å². The first-order valence-electron chi connectivity index (χ1n) is 5.91. The Morgan fingerprint density at radius 2 is 2.21 bits per heavy atom. The number of hydrogen-bond donors (Lipinski definition) is 3. The normalized spacial score (nSPS) is 14.8. The average molecular weight is 375 g/mol. The Balaban J connectivity index is 3.05. The van der Waals surface area contributed by atoms with Gasteiger partial charge in [-0.3, -0.25) is 4.79 Å². The number of benzene rings is 1. The van der Waals surface area contributed by atoms with Crippen molar-refractivity contribution in [1.82, 2.24) is 5.32 Å². The van der Waals surface area contributed by atoms with Crippen molar-refractivity contribution in [3.63, 3.8) is 0 Å². The van der Waals surface area contributed by atoms with Crippen molar-refractivity contribution >= 4 is 34.3 Å². The standard InChI is InChI=1S/C13H18IN3O2/c1-4-13(3,12(15)17-19)16-11(18)9-7-5-6-8(2)10(9)14/h5-7,19H,4H2,1-3H3,(H2,15,17)(H,16,18). The average Bonchev–Trinajstić information content (AvgIpc) is 2.40. The van der Waals surface area contributed by atoms with Crippen LogP contribution in [0.15, 0.2) is 23.4 Å². The van der Waals surface area contributed by atoms with Crippen molar-refractivity contribution in [3.05, 3.63) is 32.9 Å². The van der Waals surface area contributed by atoms with Gasteiger partial charge in [0.2, 0.25) is 0 Å². The van der Waals surface area contributed by atoms with Crippen molar-refractivity contribution in [1.29, 1.82) is 0 Å². The highest BCUT2D eigenvalue weighted by Gasteiger charge is 2.30. The fraction of sp³-hybridized carbons (Fsp3) is 0.385. The molecule has 1 rings (SSSR count). The molecule has 0 aromatic heterocycles. The number of amides is 1. The summed E-state index contributed by atoms with van der Waals surface area (Å²) in [5.41, 5.74) is 6.40. The van der Waals surface area contributed by atoms with Crippen molar-refractivity contribution in [2.24, 2.45) is 10.9 Å². The van der Waals surface area contributed by atoms with Gasteiger partial charge < -0.3 is 16.3 Å². The van der Waals surface area contributed by atoms with E-state index in [4.69, 9.17) is 10.9 Å². The fourth-order valence-corrected chi connectivity index (χ4v) is 2.19. The Hall–Kier alpha value is -1.31. The molecule has 104 valence electrons. The summed E-state index contributed by atoms with van der Waals surface area (Å²) in [7, 11) is 0. The molecule has 1 aromatic carbocycles. The largest absolute Gasteiger partial charge is 0.409 e. The van der Waals surface area contributed by atoms with E-state index in [0.717, 1.165) is 9.13 Å². The van der Waals surface area contributed by atoms with Gasteiger partial charge in [0.25, 0.3) is 5.91 Å². The number of aryl methyl sites for hydroxylation is 1. The molecule has 0 aliphatic carbocycles. The molecule has 1 unspecified atom stereocenters. The molecule has 1 aromatic rings. The molecule has 6 heteroatoms. The molecule has 0 aliphatic heterocycles. The summed E-state index contributed by atoms with van der Waals surface area (Å²) >= 11 is 2.14. The second kappa shape index (κ2) is 6.23. The van der Waals surface area contributed by atoms with Gasteiger partial charge in [-0.15, -0.1) is 0 Å². The first-order valence-corrected chi connectivity index (χ1v) is 6.99. The second-order valence-corrected chi connectivity index (χ2v) is 5.64. The minimum atomic E-state index is -0.862. The third kappa shape index (κ3) is 3.37. The van der Waals surface area contributed by atoms with E-state index in [9.17, 15) is 4.79 Å². The number of halogens is 1. The Labute approximate surface area is 126 Å². The molecule has 1 atom stereocenters. The van der Waals surface area contributed by atoms with Gasteiger partial charge in [-0.25, -0.2) is 0 Å². The molecule has 1 amide bonds. The Bertz CT molecular complexity index is 517. The van der Waals surface area contributed by atoms with Gasteiger partial charge in [0.1, 0.15) is 0 Å². The zero-order valence-electron chi connectivity index (χ0n) is 11.2. The van der Waals surface area contributed by atoms with Crippen LogP contribution in [0.1, 0.15) is 36.2 Å². The number of amidine groups is 1. The molecule has 0 radical (unpaired) electrons. The number of rotatable bonds is 4. The summed E-state index contributed by atoms with van der Waals surface area (Å²) in [6, 6.07) is 5.53. The summed E-state index contributed by atoms with van der Waals surface area (Å²) in [6.45, 7) is 5.53. The van der Waals surface area contributed by atoms with E-state index < -0.39 is 5.54 Å². The van der Waals surface area contributed by atoms with E-state index in [-0.39, 0.29) is 11.7 Å². The fourth-order valence-electron chi connectivity index (χ4n) is 1.58. The molecule has 0 spiro atoms. The van der Waals surface area contributed by atoms with E-state index in [1.165, 1.54) is 0 Å². The highest BCUT2D eigenvalue weighted by Crippen LogP contribution is 2.18. The topological polar surface area (TPSA) is 87.7 Å². The molecule has 0 fully saturated rings. The number of oxime groups is 1. The van der Waals surface area contributed by atoms with Crippen LogP contribution in [0.2, 0.25) is 0 Å².